The molecule has 2 saturated heterocycles. The van der Waals surface area contributed by atoms with Crippen LogP contribution in [0.4, 0.5) is 4.39 Å². The molecular formula is C26H27FO3. The van der Waals surface area contributed by atoms with Crippen LogP contribution in [-0.2, 0) is 22.4 Å². The monoisotopic (exact) mass is 406 g/mol. The van der Waals surface area contributed by atoms with E-state index in [9.17, 15) is 14.3 Å². The molecule has 2 aromatic rings. The van der Waals surface area contributed by atoms with Gasteiger partial charge in [-0.25, -0.2) is 4.39 Å². The Hall–Kier alpha value is -2.46. The Morgan fingerprint density at radius 3 is 2.43 bits per heavy atom. The summed E-state index contributed by atoms with van der Waals surface area (Å²) < 4.78 is 20.0. The van der Waals surface area contributed by atoms with E-state index >= 15 is 0 Å². The molecule has 1 N–H and O–H groups in total. The summed E-state index contributed by atoms with van der Waals surface area (Å²) in [5, 5.41) is 11.3. The minimum atomic E-state index is -0.338. The van der Waals surface area contributed by atoms with Crippen LogP contribution in [0.25, 0.3) is 5.57 Å². The van der Waals surface area contributed by atoms with Crippen LogP contribution in [0.15, 0.2) is 42.2 Å². The zero-order valence-electron chi connectivity index (χ0n) is 17.6. The third-order valence-corrected chi connectivity index (χ3v) is 7.21. The molecule has 0 radical (unpaired) electrons. The summed E-state index contributed by atoms with van der Waals surface area (Å²) in [6.07, 6.45) is 1.79. The van der Waals surface area contributed by atoms with E-state index in [0.717, 1.165) is 35.1 Å². The Kier molecular flexibility index (Phi) is 4.59. The van der Waals surface area contributed by atoms with Gasteiger partial charge in [0.05, 0.1) is 29.6 Å². The maximum atomic E-state index is 13.8. The van der Waals surface area contributed by atoms with Crippen LogP contribution in [0.3, 0.4) is 0 Å². The lowest BCUT2D eigenvalue weighted by molar-refractivity contribution is -0.118. The maximum Gasteiger partial charge on any atom is 0.173 e. The average molecular weight is 406 g/mol. The van der Waals surface area contributed by atoms with E-state index in [4.69, 9.17) is 4.74 Å². The number of Topliss-reactive ketones (excluding diaryl/α,β-unsaturated/α-hetero) is 1. The summed E-state index contributed by atoms with van der Waals surface area (Å²) in [5.74, 6) is -0.756. The quantitative estimate of drug-likeness (QED) is 0.750. The van der Waals surface area contributed by atoms with Gasteiger partial charge in [0.1, 0.15) is 11.6 Å². The van der Waals surface area contributed by atoms with Gasteiger partial charge < -0.3 is 9.84 Å². The molecule has 5 atom stereocenters. The number of aliphatic hydroxyl groups is 1. The van der Waals surface area contributed by atoms with E-state index in [1.54, 1.807) is 12.1 Å². The van der Waals surface area contributed by atoms with Crippen LogP contribution < -0.4 is 0 Å². The molecule has 1 aliphatic carbocycles. The lowest BCUT2D eigenvalue weighted by Gasteiger charge is -2.27. The highest BCUT2D eigenvalue weighted by atomic mass is 19.1. The lowest BCUT2D eigenvalue weighted by Crippen LogP contribution is -2.33. The molecule has 5 rings (SSSR count). The Morgan fingerprint density at radius 1 is 1.10 bits per heavy atom. The lowest BCUT2D eigenvalue weighted by atomic mass is 9.72. The first kappa shape index (κ1) is 19.5. The minimum absolute atomic E-state index is 0.00411. The third kappa shape index (κ3) is 2.70. The number of benzene rings is 2. The van der Waals surface area contributed by atoms with Gasteiger partial charge in [-0.15, -0.1) is 0 Å². The van der Waals surface area contributed by atoms with E-state index in [-0.39, 0.29) is 47.3 Å². The fourth-order valence-electron chi connectivity index (χ4n) is 5.99. The number of aryl methyl sites for hydroxylation is 3. The normalized spacial score (nSPS) is 29.7. The van der Waals surface area contributed by atoms with Crippen LogP contribution in [0.5, 0.6) is 0 Å². The number of ketones is 1. The van der Waals surface area contributed by atoms with Gasteiger partial charge in [-0.05, 0) is 60.6 Å². The number of allylic oxidation sites excluding steroid dienone is 1. The van der Waals surface area contributed by atoms with Crippen molar-refractivity contribution in [3.8, 4) is 0 Å². The summed E-state index contributed by atoms with van der Waals surface area (Å²) in [5.41, 5.74) is 5.69. The number of carbonyl (C=O) groups excluding carboxylic acids is 1. The summed E-state index contributed by atoms with van der Waals surface area (Å²) in [6, 6.07) is 10.9. The average Bonchev–Trinajstić information content (AvgIpc) is 3.39. The first-order valence-electron chi connectivity index (χ1n) is 11.0. The second-order valence-corrected chi connectivity index (χ2v) is 8.88. The van der Waals surface area contributed by atoms with Gasteiger partial charge in [0.2, 0.25) is 0 Å². The molecule has 30 heavy (non-hydrogen) atoms. The standard InChI is InChI=1S/C26H27FO3/c1-4-14-9-13(3)10-15(5-2)20(14)22-24(28)21-19-12-18(16-7-6-8-17(27)11-16)26(30-19)23(21)25(22)29/h6-11,18-19,21,23,26,29H,4-5,12H2,1-3H3/t18-,19-,21-,23+,26+/m0/s1. The number of halogens is 1. The van der Waals surface area contributed by atoms with Crippen LogP contribution >= 0.6 is 0 Å². The van der Waals surface area contributed by atoms with Gasteiger partial charge in [0.15, 0.2) is 5.78 Å². The zero-order chi connectivity index (χ0) is 21.2. The second kappa shape index (κ2) is 7.05. The largest absolute Gasteiger partial charge is 0.511 e. The molecule has 0 saturated carbocycles. The first-order valence-corrected chi connectivity index (χ1v) is 11.0. The predicted octanol–water partition coefficient (Wildman–Crippen LogP) is 5.30. The molecule has 2 bridgehead atoms. The minimum Gasteiger partial charge on any atom is -0.511 e. The first-order chi connectivity index (χ1) is 14.4. The van der Waals surface area contributed by atoms with Crippen LogP contribution in [0, 0.1) is 24.6 Å². The van der Waals surface area contributed by atoms with Crippen molar-refractivity contribution >= 4 is 11.4 Å². The van der Waals surface area contributed by atoms with Gasteiger partial charge >= 0.3 is 0 Å². The summed E-state index contributed by atoms with van der Waals surface area (Å²) in [6.45, 7) is 6.24. The number of ether oxygens (including phenoxy) is 1. The van der Waals surface area contributed by atoms with Crippen molar-refractivity contribution in [1.29, 1.82) is 0 Å². The molecule has 0 unspecified atom stereocenters. The summed E-state index contributed by atoms with van der Waals surface area (Å²) in [4.78, 5) is 13.5. The molecule has 156 valence electrons. The third-order valence-electron chi connectivity index (χ3n) is 7.21. The van der Waals surface area contributed by atoms with E-state index in [2.05, 4.69) is 32.9 Å². The zero-order valence-corrected chi connectivity index (χ0v) is 17.6. The Bertz CT molecular complexity index is 1040. The van der Waals surface area contributed by atoms with Crippen molar-refractivity contribution in [2.75, 3.05) is 0 Å². The van der Waals surface area contributed by atoms with Gasteiger partial charge in [0, 0.05) is 5.92 Å². The van der Waals surface area contributed by atoms with Crippen molar-refractivity contribution in [2.45, 2.75) is 58.2 Å². The molecule has 2 aliphatic heterocycles. The SMILES string of the molecule is CCc1cc(C)cc(CC)c1C1=C(O)[C@@H]2[C@@H]3O[C@@H](C[C@H]3c3cccc(F)c3)[C@@H]2C1=O. The van der Waals surface area contributed by atoms with Crippen LogP contribution in [-0.4, -0.2) is 23.1 Å². The van der Waals surface area contributed by atoms with Crippen molar-refractivity contribution in [3.63, 3.8) is 0 Å². The highest BCUT2D eigenvalue weighted by molar-refractivity contribution is 6.26. The topological polar surface area (TPSA) is 46.5 Å². The van der Waals surface area contributed by atoms with Gasteiger partial charge in [-0.1, -0.05) is 43.7 Å². The maximum absolute atomic E-state index is 13.8. The fraction of sp³-hybridized carbons (Fsp3) is 0.423. The van der Waals surface area contributed by atoms with Gasteiger partial charge in [0.25, 0.3) is 0 Å². The number of hydrogen-bond acceptors (Lipinski definition) is 3. The molecular weight excluding hydrogens is 379 g/mol. The predicted molar refractivity (Wildman–Crippen MR) is 114 cm³/mol. The van der Waals surface area contributed by atoms with Crippen LogP contribution in [0.1, 0.15) is 54.0 Å². The molecule has 4 heteroatoms. The molecule has 3 nitrogen and oxygen atoms in total. The van der Waals surface area contributed by atoms with E-state index in [0.29, 0.717) is 12.0 Å². The Labute approximate surface area is 176 Å². The highest BCUT2D eigenvalue weighted by Crippen LogP contribution is 2.58. The van der Waals surface area contributed by atoms with E-state index < -0.39 is 0 Å². The van der Waals surface area contributed by atoms with Gasteiger partial charge in [-0.2, -0.15) is 0 Å². The molecule has 2 heterocycles. The molecule has 2 aromatic carbocycles. The number of rotatable bonds is 4. The molecule has 3 aliphatic rings. The van der Waals surface area contributed by atoms with E-state index in [1.165, 1.54) is 11.6 Å². The molecule has 0 aromatic heterocycles. The number of aliphatic hydroxyl groups excluding tert-OH is 1. The van der Waals surface area contributed by atoms with Crippen LogP contribution in [0.2, 0.25) is 0 Å². The van der Waals surface area contributed by atoms with Crippen molar-refractivity contribution < 1.29 is 19.0 Å². The van der Waals surface area contributed by atoms with Crippen molar-refractivity contribution in [1.82, 2.24) is 0 Å². The van der Waals surface area contributed by atoms with E-state index in [1.807, 2.05) is 6.07 Å². The van der Waals surface area contributed by atoms with Crippen molar-refractivity contribution in [2.24, 2.45) is 11.8 Å². The van der Waals surface area contributed by atoms with Gasteiger partial charge in [-0.3, -0.25) is 4.79 Å². The smallest absolute Gasteiger partial charge is 0.173 e. The summed E-state index contributed by atoms with van der Waals surface area (Å²) >= 11 is 0. The van der Waals surface area contributed by atoms with Crippen molar-refractivity contribution in [3.05, 3.63) is 75.8 Å². The second-order valence-electron chi connectivity index (χ2n) is 8.88. The molecule has 0 amide bonds. The Morgan fingerprint density at radius 2 is 1.80 bits per heavy atom. The number of fused-ring (bicyclic) bond motifs is 5. The Balaban J connectivity index is 1.60. The fourth-order valence-corrected chi connectivity index (χ4v) is 5.99. The molecule has 0 spiro atoms. The molecule has 2 fully saturated rings. The summed E-state index contributed by atoms with van der Waals surface area (Å²) in [7, 11) is 0. The number of carbonyl (C=O) groups is 1. The highest BCUT2D eigenvalue weighted by Gasteiger charge is 2.62. The number of hydrogen-bond donors (Lipinski definition) is 1.